The van der Waals surface area contributed by atoms with Crippen LogP contribution in [0.2, 0.25) is 18.1 Å². The number of hydrogen-bond acceptors (Lipinski definition) is 12. The summed E-state index contributed by atoms with van der Waals surface area (Å²) in [6.07, 6.45) is 2.55. The SMILES string of the molecule is COCCOC1=C2C(=O)c3c(c(OCCCO)c4ccc(CN5CCC5)cc4c3C)C[C@H]2C[C@H]2[C@H](N(C)C)c3onc(OCc4ccccc4)c3C(=O)[C@@]12O[Si](C)(C)C(C)(C)C. The van der Waals surface area contributed by atoms with Crippen LogP contribution in [-0.4, -0.2) is 106 Å². The molecule has 4 aromatic rings. The Hall–Kier alpha value is -4.37. The first kappa shape index (κ1) is 44.2. The molecule has 12 nitrogen and oxygen atoms in total. The van der Waals surface area contributed by atoms with E-state index in [0.717, 1.165) is 47.1 Å². The van der Waals surface area contributed by atoms with Crippen molar-refractivity contribution in [2.45, 2.75) is 96.3 Å². The first-order chi connectivity index (χ1) is 29.6. The summed E-state index contributed by atoms with van der Waals surface area (Å²) in [6, 6.07) is 15.7. The van der Waals surface area contributed by atoms with E-state index in [1.54, 1.807) is 7.11 Å². The molecule has 0 radical (unpaired) electrons. The van der Waals surface area contributed by atoms with Crippen LogP contribution in [0.1, 0.15) is 94.8 Å². The van der Waals surface area contributed by atoms with E-state index in [-0.39, 0.29) is 66.2 Å². The van der Waals surface area contributed by atoms with Crippen LogP contribution < -0.4 is 9.47 Å². The zero-order valence-electron chi connectivity index (χ0n) is 37.9. The normalized spacial score (nSPS) is 22.6. The van der Waals surface area contributed by atoms with Gasteiger partial charge in [-0.2, -0.15) is 0 Å². The van der Waals surface area contributed by atoms with Crippen molar-refractivity contribution >= 4 is 30.7 Å². The molecule has 0 saturated carbocycles. The van der Waals surface area contributed by atoms with Gasteiger partial charge in [0.1, 0.15) is 30.3 Å². The Morgan fingerprint density at radius 1 is 0.968 bits per heavy atom. The highest BCUT2D eigenvalue weighted by Gasteiger charge is 2.68. The van der Waals surface area contributed by atoms with Gasteiger partial charge in [-0.05, 0) is 111 Å². The fourth-order valence-corrected chi connectivity index (χ4v) is 11.2. The second kappa shape index (κ2) is 17.3. The molecule has 0 unspecified atom stereocenters. The number of hydrogen-bond donors (Lipinski definition) is 1. The molecule has 1 aliphatic heterocycles. The Bertz CT molecular complexity index is 2360. The molecular formula is C49H63N3O9Si. The van der Waals surface area contributed by atoms with E-state index in [9.17, 15) is 5.11 Å². The van der Waals surface area contributed by atoms with E-state index in [1.807, 2.05) is 51.4 Å². The van der Waals surface area contributed by atoms with Crippen LogP contribution in [0.4, 0.5) is 0 Å². The zero-order chi connectivity index (χ0) is 44.1. The van der Waals surface area contributed by atoms with Crippen molar-refractivity contribution in [3.8, 4) is 11.6 Å². The predicted octanol–water partition coefficient (Wildman–Crippen LogP) is 8.23. The van der Waals surface area contributed by atoms with Crippen molar-refractivity contribution in [3.63, 3.8) is 0 Å². The van der Waals surface area contributed by atoms with E-state index >= 15 is 9.59 Å². The number of ketones is 2. The van der Waals surface area contributed by atoms with Crippen molar-refractivity contribution in [2.24, 2.45) is 11.8 Å². The van der Waals surface area contributed by atoms with E-state index in [1.165, 1.54) is 12.0 Å². The highest BCUT2D eigenvalue weighted by atomic mass is 28.4. The van der Waals surface area contributed by atoms with Gasteiger partial charge in [-0.3, -0.25) is 19.4 Å². The third-order valence-corrected chi connectivity index (χ3v) is 18.4. The predicted molar refractivity (Wildman–Crippen MR) is 239 cm³/mol. The minimum Gasteiger partial charge on any atom is -0.493 e. The van der Waals surface area contributed by atoms with Crippen LogP contribution in [0, 0.1) is 18.8 Å². The third-order valence-electron chi connectivity index (χ3n) is 14.0. The maximum atomic E-state index is 16.1. The van der Waals surface area contributed by atoms with Crippen molar-refractivity contribution in [1.29, 1.82) is 0 Å². The Morgan fingerprint density at radius 2 is 1.73 bits per heavy atom. The van der Waals surface area contributed by atoms with Crippen molar-refractivity contribution in [2.75, 3.05) is 60.7 Å². The number of nitrogens with zero attached hydrogens (tertiary/aromatic N) is 3. The molecule has 3 aromatic carbocycles. The van der Waals surface area contributed by atoms with Gasteiger partial charge < -0.3 is 33.0 Å². The van der Waals surface area contributed by atoms with Gasteiger partial charge in [0.2, 0.25) is 5.78 Å². The van der Waals surface area contributed by atoms with Gasteiger partial charge in [0.05, 0.1) is 19.3 Å². The average Bonchev–Trinajstić information content (AvgIpc) is 3.63. The summed E-state index contributed by atoms with van der Waals surface area (Å²) in [5, 5.41) is 15.8. The maximum Gasteiger partial charge on any atom is 0.265 e. The number of aliphatic hydroxyl groups is 1. The van der Waals surface area contributed by atoms with E-state index in [2.05, 4.69) is 67.0 Å². The first-order valence-corrected chi connectivity index (χ1v) is 25.1. The molecule has 0 bridgehead atoms. The number of aromatic nitrogens is 1. The fraction of sp³-hybridized carbons (Fsp3) is 0.531. The number of aliphatic hydroxyl groups excluding tert-OH is 1. The third kappa shape index (κ3) is 7.62. The van der Waals surface area contributed by atoms with Gasteiger partial charge in [-0.1, -0.05) is 63.2 Å². The molecule has 3 aliphatic carbocycles. The molecule has 8 rings (SSSR count). The van der Waals surface area contributed by atoms with Gasteiger partial charge >= 0.3 is 0 Å². The Kier molecular flexibility index (Phi) is 12.3. The molecule has 4 atom stereocenters. The van der Waals surface area contributed by atoms with Crippen LogP contribution in [0.15, 0.2) is 64.4 Å². The zero-order valence-corrected chi connectivity index (χ0v) is 38.9. The standard InChI is InChI=1S/C49H63N3O9Si/c1-30-35-25-32(28-52-19-13-20-52)17-18-34(35)43(57-22-14-21-53)36-26-33-27-37-41(51(5)6)44-40(47(50-60-44)59-29-31-15-11-10-12-16-31)45(55)49(37,61-62(8,9)48(2,3)4)46(58-24-23-56-7)39(33)42(54)38(30)36/h10-12,15-18,25,33,37,41,53H,13-14,19-24,26-29H2,1-9H3/t33-,37-,41-,49+/m0/s1. The summed E-state index contributed by atoms with van der Waals surface area (Å²) in [7, 11) is 2.68. The number of aryl methyl sites for hydroxylation is 1. The van der Waals surface area contributed by atoms with Crippen LogP contribution >= 0.6 is 0 Å². The van der Waals surface area contributed by atoms with E-state index < -0.39 is 25.9 Å². The minimum atomic E-state index is -2.87. The highest BCUT2D eigenvalue weighted by Crippen LogP contribution is 2.61. The van der Waals surface area contributed by atoms with Gasteiger partial charge in [-0.15, -0.1) is 0 Å². The number of carbonyl (C=O) groups is 2. The number of methoxy groups -OCH3 is 1. The summed E-state index contributed by atoms with van der Waals surface area (Å²) >= 11 is 0. The fourth-order valence-electron chi connectivity index (χ4n) is 9.78. The van der Waals surface area contributed by atoms with Crippen LogP contribution in [0.25, 0.3) is 10.8 Å². The summed E-state index contributed by atoms with van der Waals surface area (Å²) in [6.45, 7) is 16.5. The topological polar surface area (TPSA) is 133 Å². The molecule has 1 saturated heterocycles. The summed E-state index contributed by atoms with van der Waals surface area (Å²) < 4.78 is 39.3. The van der Waals surface area contributed by atoms with Crippen LogP contribution in [0.5, 0.6) is 11.6 Å². The number of likely N-dealkylation sites (tertiary alicyclic amines) is 1. The summed E-state index contributed by atoms with van der Waals surface area (Å²) in [5.41, 5.74) is 3.30. The molecule has 1 aromatic heterocycles. The second-order valence-corrected chi connectivity index (χ2v) is 24.0. The first-order valence-electron chi connectivity index (χ1n) is 22.2. The lowest BCUT2D eigenvalue weighted by Crippen LogP contribution is -2.65. The lowest BCUT2D eigenvalue weighted by Gasteiger charge is -2.56. The van der Waals surface area contributed by atoms with Gasteiger partial charge in [0.25, 0.3) is 5.88 Å². The van der Waals surface area contributed by atoms with E-state index in [0.29, 0.717) is 48.5 Å². The molecular weight excluding hydrogens is 803 g/mol. The number of fused-ring (bicyclic) bond motifs is 5. The molecule has 332 valence electrons. The second-order valence-electron chi connectivity index (χ2n) is 19.2. The lowest BCUT2D eigenvalue weighted by molar-refractivity contribution is -0.0624. The quantitative estimate of drug-likeness (QED) is 0.0860. The average molecular weight is 866 g/mol. The molecule has 0 amide bonds. The maximum absolute atomic E-state index is 16.1. The minimum absolute atomic E-state index is 0.0108. The molecule has 1 fully saturated rings. The Balaban J connectivity index is 1.37. The Morgan fingerprint density at radius 3 is 2.39 bits per heavy atom. The largest absolute Gasteiger partial charge is 0.493 e. The molecule has 1 N–H and O–H groups in total. The number of ether oxygens (including phenoxy) is 4. The number of benzene rings is 3. The van der Waals surface area contributed by atoms with Gasteiger partial charge in [0.15, 0.2) is 25.5 Å². The number of carbonyl (C=O) groups excluding carboxylic acids is 2. The Labute approximate surface area is 366 Å². The monoisotopic (exact) mass is 865 g/mol. The number of allylic oxidation sites excluding steroid dienone is 1. The van der Waals surface area contributed by atoms with Crippen LogP contribution in [-0.2, 0) is 33.5 Å². The highest BCUT2D eigenvalue weighted by molar-refractivity contribution is 6.74. The van der Waals surface area contributed by atoms with E-state index in [4.69, 9.17) is 27.9 Å². The van der Waals surface area contributed by atoms with Crippen molar-refractivity contribution < 1.29 is 42.6 Å². The number of rotatable bonds is 16. The smallest absolute Gasteiger partial charge is 0.265 e. The summed E-state index contributed by atoms with van der Waals surface area (Å²) in [4.78, 5) is 36.5. The molecule has 13 heteroatoms. The number of Topliss-reactive ketones (excluding diaryl/α,β-unsaturated/α-hetero) is 2. The molecule has 2 heterocycles. The lowest BCUT2D eigenvalue weighted by atomic mass is 9.58. The van der Waals surface area contributed by atoms with Crippen LogP contribution in [0.3, 0.4) is 0 Å². The molecule has 62 heavy (non-hydrogen) atoms. The molecule has 4 aliphatic rings. The van der Waals surface area contributed by atoms with Crippen molar-refractivity contribution in [3.05, 3.63) is 99.0 Å². The van der Waals surface area contributed by atoms with Gasteiger partial charge in [0, 0.05) is 54.7 Å². The molecule has 0 spiro atoms. The van der Waals surface area contributed by atoms with Gasteiger partial charge in [-0.25, -0.2) is 0 Å². The summed E-state index contributed by atoms with van der Waals surface area (Å²) in [5.74, 6) is -0.0453. The van der Waals surface area contributed by atoms with Crippen molar-refractivity contribution in [1.82, 2.24) is 15.0 Å².